The predicted molar refractivity (Wildman–Crippen MR) is 87.0 cm³/mol. The van der Waals surface area contributed by atoms with Crippen molar-refractivity contribution in [1.29, 1.82) is 0 Å². The lowest BCUT2D eigenvalue weighted by atomic mass is 10.1. The van der Waals surface area contributed by atoms with E-state index in [-0.39, 0.29) is 5.82 Å². The van der Waals surface area contributed by atoms with E-state index in [1.54, 1.807) is 23.5 Å². The van der Waals surface area contributed by atoms with Crippen LogP contribution in [0.25, 0.3) is 10.1 Å². The number of rotatable bonds is 8. The van der Waals surface area contributed by atoms with Gasteiger partial charge in [0, 0.05) is 15.6 Å². The minimum Gasteiger partial charge on any atom is -0.309 e. The number of nitrogens with one attached hydrogen (secondary N) is 1. The number of benzene rings is 1. The quantitative estimate of drug-likeness (QED) is 0.619. The van der Waals surface area contributed by atoms with Gasteiger partial charge in [-0.15, -0.1) is 11.3 Å². The SMILES string of the molecule is CCCCCC(NCCC)c1cc2ccc(F)cc2s1. The maximum atomic E-state index is 13.3. The predicted octanol–water partition coefficient (Wildman–Crippen LogP) is 5.66. The molecule has 0 aliphatic carbocycles. The molecule has 0 radical (unpaired) electrons. The van der Waals surface area contributed by atoms with Crippen molar-refractivity contribution >= 4 is 21.4 Å². The first-order valence-electron chi connectivity index (χ1n) is 7.67. The van der Waals surface area contributed by atoms with Crippen LogP contribution in [0.3, 0.4) is 0 Å². The molecule has 1 atom stereocenters. The number of hydrogen-bond acceptors (Lipinski definition) is 2. The highest BCUT2D eigenvalue weighted by atomic mass is 32.1. The molecule has 20 heavy (non-hydrogen) atoms. The zero-order chi connectivity index (χ0) is 14.4. The Balaban J connectivity index is 2.15. The highest BCUT2D eigenvalue weighted by Crippen LogP contribution is 2.32. The number of thiophene rings is 1. The van der Waals surface area contributed by atoms with E-state index in [4.69, 9.17) is 0 Å². The summed E-state index contributed by atoms with van der Waals surface area (Å²) in [7, 11) is 0. The second kappa shape index (κ2) is 7.75. The number of hydrogen-bond donors (Lipinski definition) is 1. The molecule has 1 nitrogen and oxygen atoms in total. The van der Waals surface area contributed by atoms with Crippen LogP contribution in [0.1, 0.15) is 56.9 Å². The van der Waals surface area contributed by atoms with E-state index in [2.05, 4.69) is 25.2 Å². The Morgan fingerprint density at radius 2 is 2.00 bits per heavy atom. The first-order valence-corrected chi connectivity index (χ1v) is 8.48. The molecule has 110 valence electrons. The molecule has 2 rings (SSSR count). The van der Waals surface area contributed by atoms with Gasteiger partial charge in [-0.05, 0) is 43.0 Å². The lowest BCUT2D eigenvalue weighted by Gasteiger charge is -2.16. The van der Waals surface area contributed by atoms with Gasteiger partial charge in [0.1, 0.15) is 5.82 Å². The molecule has 0 aliphatic rings. The third-order valence-electron chi connectivity index (χ3n) is 3.58. The van der Waals surface area contributed by atoms with Crippen molar-refractivity contribution in [1.82, 2.24) is 5.32 Å². The molecule has 0 saturated carbocycles. The molecule has 1 aromatic carbocycles. The number of fused-ring (bicyclic) bond motifs is 1. The molecule has 1 N–H and O–H groups in total. The molecule has 2 aromatic rings. The van der Waals surface area contributed by atoms with Crippen molar-refractivity contribution < 1.29 is 4.39 Å². The first-order chi connectivity index (χ1) is 9.74. The van der Waals surface area contributed by atoms with Crippen LogP contribution in [0.2, 0.25) is 0 Å². The monoisotopic (exact) mass is 293 g/mol. The molecule has 0 saturated heterocycles. The van der Waals surface area contributed by atoms with Crippen molar-refractivity contribution in [3.63, 3.8) is 0 Å². The fraction of sp³-hybridized carbons (Fsp3) is 0.529. The van der Waals surface area contributed by atoms with Gasteiger partial charge in [0.2, 0.25) is 0 Å². The summed E-state index contributed by atoms with van der Waals surface area (Å²) in [5.41, 5.74) is 0. The van der Waals surface area contributed by atoms with Crippen molar-refractivity contribution in [2.45, 2.75) is 52.0 Å². The third kappa shape index (κ3) is 4.03. The Morgan fingerprint density at radius 1 is 1.15 bits per heavy atom. The van der Waals surface area contributed by atoms with Crippen LogP contribution in [-0.2, 0) is 0 Å². The zero-order valence-corrected chi connectivity index (χ0v) is 13.2. The summed E-state index contributed by atoms with van der Waals surface area (Å²) in [6, 6.07) is 7.71. The van der Waals surface area contributed by atoms with Crippen molar-refractivity contribution in [3.8, 4) is 0 Å². The molecular formula is C17H24FNS. The summed E-state index contributed by atoms with van der Waals surface area (Å²) in [4.78, 5) is 1.34. The van der Waals surface area contributed by atoms with Gasteiger partial charge in [-0.25, -0.2) is 4.39 Å². The highest BCUT2D eigenvalue weighted by molar-refractivity contribution is 7.19. The average molecular weight is 293 g/mol. The molecule has 0 bridgehead atoms. The fourth-order valence-corrected chi connectivity index (χ4v) is 3.66. The highest BCUT2D eigenvalue weighted by Gasteiger charge is 2.13. The smallest absolute Gasteiger partial charge is 0.124 e. The third-order valence-corrected chi connectivity index (χ3v) is 4.79. The van der Waals surface area contributed by atoms with Gasteiger partial charge in [0.15, 0.2) is 0 Å². The fourth-order valence-electron chi connectivity index (χ4n) is 2.46. The molecule has 0 spiro atoms. The zero-order valence-electron chi connectivity index (χ0n) is 12.4. The van der Waals surface area contributed by atoms with Crippen LogP contribution in [0.5, 0.6) is 0 Å². The van der Waals surface area contributed by atoms with Crippen LogP contribution in [0.15, 0.2) is 24.3 Å². The summed E-state index contributed by atoms with van der Waals surface area (Å²) in [6.45, 7) is 5.46. The summed E-state index contributed by atoms with van der Waals surface area (Å²) in [5.74, 6) is -0.144. The van der Waals surface area contributed by atoms with Crippen molar-refractivity contribution in [3.05, 3.63) is 35.0 Å². The maximum Gasteiger partial charge on any atom is 0.124 e. The normalized spacial score (nSPS) is 12.9. The molecular weight excluding hydrogens is 269 g/mol. The number of unbranched alkanes of at least 4 members (excludes halogenated alkanes) is 2. The van der Waals surface area contributed by atoms with E-state index in [9.17, 15) is 4.39 Å². The Morgan fingerprint density at radius 3 is 2.75 bits per heavy atom. The van der Waals surface area contributed by atoms with E-state index in [1.807, 2.05) is 6.07 Å². The van der Waals surface area contributed by atoms with Gasteiger partial charge >= 0.3 is 0 Å². The van der Waals surface area contributed by atoms with Gasteiger partial charge in [-0.2, -0.15) is 0 Å². The van der Waals surface area contributed by atoms with Crippen LogP contribution in [0.4, 0.5) is 4.39 Å². The van der Waals surface area contributed by atoms with E-state index in [1.165, 1.54) is 30.6 Å². The lowest BCUT2D eigenvalue weighted by molar-refractivity contribution is 0.480. The molecule has 0 aliphatic heterocycles. The Hall–Kier alpha value is -0.930. The van der Waals surface area contributed by atoms with Gasteiger partial charge in [0.05, 0.1) is 0 Å². The standard InChI is InChI=1S/C17H24FNS/c1-3-5-6-7-15(19-10-4-2)17-11-13-8-9-14(18)12-16(13)20-17/h8-9,11-12,15,19H,3-7,10H2,1-2H3. The maximum absolute atomic E-state index is 13.3. The second-order valence-electron chi connectivity index (χ2n) is 5.33. The molecule has 1 heterocycles. The van der Waals surface area contributed by atoms with Gasteiger partial charge < -0.3 is 5.32 Å². The first kappa shape index (κ1) is 15.5. The van der Waals surface area contributed by atoms with E-state index < -0.39 is 0 Å². The van der Waals surface area contributed by atoms with Gasteiger partial charge in [0.25, 0.3) is 0 Å². The van der Waals surface area contributed by atoms with Crippen molar-refractivity contribution in [2.75, 3.05) is 6.54 Å². The van der Waals surface area contributed by atoms with Crippen molar-refractivity contribution in [2.24, 2.45) is 0 Å². The minimum absolute atomic E-state index is 0.144. The Labute approximate surface area is 125 Å². The largest absolute Gasteiger partial charge is 0.309 e. The van der Waals surface area contributed by atoms with Gasteiger partial charge in [-0.1, -0.05) is 39.2 Å². The minimum atomic E-state index is -0.144. The molecule has 3 heteroatoms. The lowest BCUT2D eigenvalue weighted by Crippen LogP contribution is -2.21. The Kier molecular flexibility index (Phi) is 5.99. The molecule has 1 aromatic heterocycles. The molecule has 0 fully saturated rings. The van der Waals surface area contributed by atoms with Crippen LogP contribution in [0, 0.1) is 5.82 Å². The van der Waals surface area contributed by atoms with Crippen LogP contribution in [-0.4, -0.2) is 6.54 Å². The van der Waals surface area contributed by atoms with Crippen LogP contribution >= 0.6 is 11.3 Å². The summed E-state index contributed by atoms with van der Waals surface area (Å²) in [5, 5.41) is 4.79. The summed E-state index contributed by atoms with van der Waals surface area (Å²) < 4.78 is 14.3. The van der Waals surface area contributed by atoms with Crippen LogP contribution < -0.4 is 5.32 Å². The van der Waals surface area contributed by atoms with Gasteiger partial charge in [-0.3, -0.25) is 0 Å². The second-order valence-corrected chi connectivity index (χ2v) is 6.45. The molecule has 0 amide bonds. The molecule has 1 unspecified atom stereocenters. The summed E-state index contributed by atoms with van der Waals surface area (Å²) in [6.07, 6.45) is 6.09. The van der Waals surface area contributed by atoms with E-state index in [0.717, 1.165) is 23.1 Å². The van der Waals surface area contributed by atoms with E-state index >= 15 is 0 Å². The topological polar surface area (TPSA) is 12.0 Å². The van der Waals surface area contributed by atoms with E-state index in [0.29, 0.717) is 6.04 Å². The number of halogens is 1. The Bertz CT molecular complexity index is 535. The average Bonchev–Trinajstić information content (AvgIpc) is 2.85. The summed E-state index contributed by atoms with van der Waals surface area (Å²) >= 11 is 1.73.